The number of rotatable bonds is 5. The molecular weight excluding hydrogens is 211 g/mol. The lowest BCUT2D eigenvalue weighted by Crippen LogP contribution is -2.53. The number of carboxylic acid groups (broad SMARTS) is 1. The summed E-state index contributed by atoms with van der Waals surface area (Å²) >= 11 is 0. The topological polar surface area (TPSA) is 49.3 Å². The zero-order valence-corrected chi connectivity index (χ0v) is 8.98. The maximum absolute atomic E-state index is 11.9. The molecular formula is C9H16F3NO2. The van der Waals surface area contributed by atoms with Gasteiger partial charge in [0.05, 0.1) is 6.54 Å². The van der Waals surface area contributed by atoms with Gasteiger partial charge in [0, 0.05) is 0 Å². The van der Waals surface area contributed by atoms with Crippen molar-refractivity contribution in [2.75, 3.05) is 6.54 Å². The number of hydrogen-bond donors (Lipinski definition) is 2. The summed E-state index contributed by atoms with van der Waals surface area (Å²) in [6.45, 7) is 3.50. The fraction of sp³-hybridized carbons (Fsp3) is 0.889. The lowest BCUT2D eigenvalue weighted by Gasteiger charge is -2.28. The number of halogens is 3. The predicted octanol–water partition coefficient (Wildman–Crippen LogP) is 2.03. The Bertz CT molecular complexity index is 228. The van der Waals surface area contributed by atoms with Gasteiger partial charge < -0.3 is 5.11 Å². The summed E-state index contributed by atoms with van der Waals surface area (Å²) in [5.74, 6) is -1.26. The van der Waals surface area contributed by atoms with Gasteiger partial charge in [-0.05, 0) is 19.3 Å². The van der Waals surface area contributed by atoms with Gasteiger partial charge in [-0.25, -0.2) is 0 Å². The Kier molecular flexibility index (Phi) is 4.58. The molecule has 90 valence electrons. The molecule has 0 aliphatic rings. The normalized spacial score (nSPS) is 16.5. The van der Waals surface area contributed by atoms with Gasteiger partial charge in [0.25, 0.3) is 0 Å². The van der Waals surface area contributed by atoms with Crippen molar-refractivity contribution in [3.05, 3.63) is 0 Å². The van der Waals surface area contributed by atoms with Crippen molar-refractivity contribution in [1.82, 2.24) is 5.32 Å². The van der Waals surface area contributed by atoms with Gasteiger partial charge in [0.2, 0.25) is 0 Å². The Hall–Kier alpha value is -0.780. The van der Waals surface area contributed by atoms with E-state index >= 15 is 0 Å². The molecule has 0 radical (unpaired) electrons. The van der Waals surface area contributed by atoms with Gasteiger partial charge in [-0.2, -0.15) is 13.2 Å². The second-order valence-electron chi connectivity index (χ2n) is 4.20. The highest BCUT2D eigenvalue weighted by Gasteiger charge is 2.38. The van der Waals surface area contributed by atoms with E-state index in [9.17, 15) is 18.0 Å². The summed E-state index contributed by atoms with van der Waals surface area (Å²) in [4.78, 5) is 10.8. The molecule has 0 rings (SSSR count). The first-order chi connectivity index (χ1) is 6.57. The molecule has 3 nitrogen and oxygen atoms in total. The second-order valence-corrected chi connectivity index (χ2v) is 4.20. The van der Waals surface area contributed by atoms with Gasteiger partial charge in [-0.15, -0.1) is 0 Å². The van der Waals surface area contributed by atoms with Crippen molar-refractivity contribution < 1.29 is 23.1 Å². The molecule has 0 aliphatic heterocycles. The largest absolute Gasteiger partial charge is 0.480 e. The van der Waals surface area contributed by atoms with E-state index < -0.39 is 24.2 Å². The zero-order valence-electron chi connectivity index (χ0n) is 8.98. The molecule has 6 heteroatoms. The van der Waals surface area contributed by atoms with E-state index in [4.69, 9.17) is 5.11 Å². The van der Waals surface area contributed by atoms with E-state index in [2.05, 4.69) is 0 Å². The molecule has 0 saturated carbocycles. The van der Waals surface area contributed by atoms with Crippen molar-refractivity contribution in [3.63, 3.8) is 0 Å². The number of carbonyl (C=O) groups is 1. The van der Waals surface area contributed by atoms with Crippen molar-refractivity contribution in [2.24, 2.45) is 5.92 Å². The first-order valence-corrected chi connectivity index (χ1v) is 4.62. The molecule has 2 N–H and O–H groups in total. The SMILES string of the molecule is CC(C)CC(C)(NCC(F)(F)F)C(=O)O. The number of nitrogens with one attached hydrogen (secondary N) is 1. The van der Waals surface area contributed by atoms with Crippen molar-refractivity contribution in [2.45, 2.75) is 38.9 Å². The van der Waals surface area contributed by atoms with Gasteiger partial charge in [0.1, 0.15) is 5.54 Å². The lowest BCUT2D eigenvalue weighted by molar-refractivity contribution is -0.150. The minimum absolute atomic E-state index is 0.00633. The van der Waals surface area contributed by atoms with Crippen LogP contribution in [0.25, 0.3) is 0 Å². The Morgan fingerprint density at radius 1 is 1.40 bits per heavy atom. The van der Waals surface area contributed by atoms with Crippen molar-refractivity contribution in [1.29, 1.82) is 0 Å². The highest BCUT2D eigenvalue weighted by atomic mass is 19.4. The monoisotopic (exact) mass is 227 g/mol. The molecule has 0 spiro atoms. The zero-order chi connectivity index (χ0) is 12.3. The fourth-order valence-electron chi connectivity index (χ4n) is 1.35. The van der Waals surface area contributed by atoms with Crippen LogP contribution in [0.1, 0.15) is 27.2 Å². The van der Waals surface area contributed by atoms with E-state index in [1.807, 2.05) is 5.32 Å². The third-order valence-electron chi connectivity index (χ3n) is 1.97. The van der Waals surface area contributed by atoms with E-state index in [-0.39, 0.29) is 12.3 Å². The van der Waals surface area contributed by atoms with E-state index in [0.717, 1.165) is 0 Å². The average Bonchev–Trinajstić information content (AvgIpc) is 1.98. The highest BCUT2D eigenvalue weighted by Crippen LogP contribution is 2.20. The third-order valence-corrected chi connectivity index (χ3v) is 1.97. The molecule has 0 amide bonds. The summed E-state index contributed by atoms with van der Waals surface area (Å²) in [5.41, 5.74) is -1.52. The van der Waals surface area contributed by atoms with E-state index in [0.29, 0.717) is 0 Å². The molecule has 1 unspecified atom stereocenters. The highest BCUT2D eigenvalue weighted by molar-refractivity contribution is 5.78. The molecule has 1 atom stereocenters. The molecule has 0 bridgehead atoms. The summed E-state index contributed by atoms with van der Waals surface area (Å²) in [5, 5.41) is 10.9. The molecule has 0 aliphatic carbocycles. The first kappa shape index (κ1) is 14.2. The third kappa shape index (κ3) is 5.61. The Labute approximate surface area is 86.7 Å². The standard InChI is InChI=1S/C9H16F3NO2/c1-6(2)4-8(3,7(14)15)13-5-9(10,11)12/h6,13H,4-5H2,1-3H3,(H,14,15). The number of aliphatic carboxylic acids is 1. The molecule has 0 saturated heterocycles. The van der Waals surface area contributed by atoms with Gasteiger partial charge in [-0.1, -0.05) is 13.8 Å². The van der Waals surface area contributed by atoms with Crippen LogP contribution < -0.4 is 5.32 Å². The Morgan fingerprint density at radius 3 is 2.13 bits per heavy atom. The number of alkyl halides is 3. The lowest BCUT2D eigenvalue weighted by atomic mass is 9.91. The molecule has 0 aromatic heterocycles. The first-order valence-electron chi connectivity index (χ1n) is 4.62. The predicted molar refractivity (Wildman–Crippen MR) is 49.6 cm³/mol. The molecule has 15 heavy (non-hydrogen) atoms. The van der Waals surface area contributed by atoms with Crippen LogP contribution >= 0.6 is 0 Å². The summed E-state index contributed by atoms with van der Waals surface area (Å²) in [6, 6.07) is 0. The van der Waals surface area contributed by atoms with Crippen LogP contribution in [0.2, 0.25) is 0 Å². The van der Waals surface area contributed by atoms with Crippen LogP contribution in [-0.2, 0) is 4.79 Å². The van der Waals surface area contributed by atoms with Crippen LogP contribution in [0.4, 0.5) is 13.2 Å². The maximum atomic E-state index is 11.9. The average molecular weight is 227 g/mol. The Morgan fingerprint density at radius 2 is 1.87 bits per heavy atom. The Balaban J connectivity index is 4.46. The van der Waals surface area contributed by atoms with Crippen LogP contribution in [0, 0.1) is 5.92 Å². The summed E-state index contributed by atoms with van der Waals surface area (Å²) in [6.07, 6.45) is -4.24. The van der Waals surface area contributed by atoms with Gasteiger partial charge in [-0.3, -0.25) is 10.1 Å². The van der Waals surface area contributed by atoms with Crippen LogP contribution in [0.5, 0.6) is 0 Å². The number of hydrogen-bond acceptors (Lipinski definition) is 2. The van der Waals surface area contributed by atoms with Crippen LogP contribution in [-0.4, -0.2) is 29.3 Å². The minimum atomic E-state index is -4.40. The van der Waals surface area contributed by atoms with Gasteiger partial charge in [0.15, 0.2) is 0 Å². The summed E-state index contributed by atoms with van der Waals surface area (Å²) < 4.78 is 35.8. The fourth-order valence-corrected chi connectivity index (χ4v) is 1.35. The van der Waals surface area contributed by atoms with E-state index in [1.165, 1.54) is 6.92 Å². The maximum Gasteiger partial charge on any atom is 0.401 e. The van der Waals surface area contributed by atoms with Crippen LogP contribution in [0.3, 0.4) is 0 Å². The number of carboxylic acids is 1. The second kappa shape index (κ2) is 4.83. The molecule has 0 fully saturated rings. The minimum Gasteiger partial charge on any atom is -0.480 e. The van der Waals surface area contributed by atoms with E-state index in [1.54, 1.807) is 13.8 Å². The smallest absolute Gasteiger partial charge is 0.401 e. The van der Waals surface area contributed by atoms with Crippen molar-refractivity contribution >= 4 is 5.97 Å². The van der Waals surface area contributed by atoms with Gasteiger partial charge >= 0.3 is 12.1 Å². The molecule has 0 aromatic rings. The summed E-state index contributed by atoms with van der Waals surface area (Å²) in [7, 11) is 0. The quantitative estimate of drug-likeness (QED) is 0.755. The van der Waals surface area contributed by atoms with Crippen molar-refractivity contribution in [3.8, 4) is 0 Å². The van der Waals surface area contributed by atoms with Crippen LogP contribution in [0.15, 0.2) is 0 Å². The molecule has 0 heterocycles. The molecule has 0 aromatic carbocycles.